The predicted molar refractivity (Wildman–Crippen MR) is 114 cm³/mol. The largest absolute Gasteiger partial charge is 0.462 e. The minimum atomic E-state index is -1.63. The summed E-state index contributed by atoms with van der Waals surface area (Å²) in [7, 11) is 0. The molecule has 1 fully saturated rings. The zero-order valence-electron chi connectivity index (χ0n) is 20.0. The van der Waals surface area contributed by atoms with E-state index < -0.39 is 89.6 Å². The van der Waals surface area contributed by atoms with Crippen molar-refractivity contribution in [3.8, 4) is 0 Å². The number of allylic oxidation sites excluding steroid dienone is 1. The Bertz CT molecular complexity index is 899. The molecule has 0 heterocycles. The number of nitrogens with zero attached hydrogens (tertiary/aromatic N) is 1. The number of carbonyl (C=O) groups excluding carboxylic acids is 5. The standard InChI is InChI=1S/C22H29NO12/c1-10(24)31-9-17(32-11(2)25)20(33-12(3)26)22(35-14(5)28)21(34-13(4)27)18-15-6-7-16(8-15)19(18)23(29)30/h6-7,15-22H,8-9H2,1-5H3/t15-,16+,17+,18+,19+,20+,21+,22-/m0/s1. The Balaban J connectivity index is 2.61. The lowest BCUT2D eigenvalue weighted by Gasteiger charge is -2.39. The average molecular weight is 499 g/mol. The summed E-state index contributed by atoms with van der Waals surface area (Å²) >= 11 is 0. The van der Waals surface area contributed by atoms with Gasteiger partial charge >= 0.3 is 29.8 Å². The molecule has 0 radical (unpaired) electrons. The summed E-state index contributed by atoms with van der Waals surface area (Å²) in [6.07, 6.45) is -2.29. The smallest absolute Gasteiger partial charge is 0.303 e. The Kier molecular flexibility index (Phi) is 9.32. The van der Waals surface area contributed by atoms with Gasteiger partial charge < -0.3 is 23.7 Å². The SMILES string of the molecule is CC(=O)OC[C@@H](OC(C)=O)[C@@H](OC(C)=O)[C@H](OC(C)=O)[C@H](OC(C)=O)[C@H]1[C@H]([N+](=O)[O-])[C@@H]2C=C[C@H]1C2. The van der Waals surface area contributed by atoms with Gasteiger partial charge in [-0.15, -0.1) is 0 Å². The van der Waals surface area contributed by atoms with E-state index in [1.807, 2.05) is 0 Å². The van der Waals surface area contributed by atoms with E-state index in [2.05, 4.69) is 0 Å². The Morgan fingerprint density at radius 1 is 0.800 bits per heavy atom. The van der Waals surface area contributed by atoms with Crippen LogP contribution in [0.5, 0.6) is 0 Å². The number of carbonyl (C=O) groups is 5. The Morgan fingerprint density at radius 2 is 1.31 bits per heavy atom. The monoisotopic (exact) mass is 499 g/mol. The van der Waals surface area contributed by atoms with Crippen LogP contribution in [0.1, 0.15) is 41.0 Å². The van der Waals surface area contributed by atoms with Crippen molar-refractivity contribution in [3.63, 3.8) is 0 Å². The molecule has 13 nitrogen and oxygen atoms in total. The van der Waals surface area contributed by atoms with Crippen LogP contribution in [0, 0.1) is 27.9 Å². The van der Waals surface area contributed by atoms with Gasteiger partial charge in [0.2, 0.25) is 6.04 Å². The van der Waals surface area contributed by atoms with Gasteiger partial charge in [0.15, 0.2) is 24.4 Å². The Morgan fingerprint density at radius 3 is 1.80 bits per heavy atom. The van der Waals surface area contributed by atoms with Crippen molar-refractivity contribution in [2.24, 2.45) is 17.8 Å². The highest BCUT2D eigenvalue weighted by atomic mass is 16.6. The van der Waals surface area contributed by atoms with Crippen LogP contribution in [0.4, 0.5) is 0 Å². The summed E-state index contributed by atoms with van der Waals surface area (Å²) < 4.78 is 26.4. The van der Waals surface area contributed by atoms with Gasteiger partial charge in [0.25, 0.3) is 0 Å². The normalized spacial score (nSPS) is 25.5. The molecule has 194 valence electrons. The molecule has 0 spiro atoms. The van der Waals surface area contributed by atoms with Crippen LogP contribution >= 0.6 is 0 Å². The van der Waals surface area contributed by atoms with Gasteiger partial charge in [-0.1, -0.05) is 12.2 Å². The first-order chi connectivity index (χ1) is 16.3. The van der Waals surface area contributed by atoms with E-state index in [1.165, 1.54) is 0 Å². The molecule has 35 heavy (non-hydrogen) atoms. The summed E-state index contributed by atoms with van der Waals surface area (Å²) in [4.78, 5) is 70.8. The average Bonchev–Trinajstić information content (AvgIpc) is 3.32. The third kappa shape index (κ3) is 7.23. The van der Waals surface area contributed by atoms with Crippen LogP contribution in [0.3, 0.4) is 0 Å². The van der Waals surface area contributed by atoms with Gasteiger partial charge in [-0.3, -0.25) is 34.1 Å². The second-order valence-corrected chi connectivity index (χ2v) is 8.47. The minimum Gasteiger partial charge on any atom is -0.462 e. The summed E-state index contributed by atoms with van der Waals surface area (Å²) in [6, 6.07) is -1.17. The lowest BCUT2D eigenvalue weighted by atomic mass is 9.80. The van der Waals surface area contributed by atoms with Crippen molar-refractivity contribution < 1.29 is 52.6 Å². The molecular formula is C22H29NO12. The third-order valence-electron chi connectivity index (χ3n) is 5.79. The molecule has 2 bridgehead atoms. The van der Waals surface area contributed by atoms with Gasteiger partial charge in [-0.25, -0.2) is 0 Å². The molecular weight excluding hydrogens is 470 g/mol. The van der Waals surface area contributed by atoms with Gasteiger partial charge in [-0.05, 0) is 12.3 Å². The number of esters is 5. The van der Waals surface area contributed by atoms with Crippen molar-refractivity contribution >= 4 is 29.8 Å². The summed E-state index contributed by atoms with van der Waals surface area (Å²) in [5, 5.41) is 12.0. The van der Waals surface area contributed by atoms with Gasteiger partial charge in [0.05, 0.1) is 5.92 Å². The van der Waals surface area contributed by atoms with Crippen molar-refractivity contribution in [1.29, 1.82) is 0 Å². The highest BCUT2D eigenvalue weighted by molar-refractivity contribution is 5.69. The quantitative estimate of drug-likeness (QED) is 0.128. The molecule has 2 aliphatic rings. The fourth-order valence-electron chi connectivity index (χ4n) is 4.79. The molecule has 0 aromatic heterocycles. The van der Waals surface area contributed by atoms with Gasteiger partial charge in [-0.2, -0.15) is 0 Å². The summed E-state index contributed by atoms with van der Waals surface area (Å²) in [6.45, 7) is 4.72. The van der Waals surface area contributed by atoms with E-state index in [1.54, 1.807) is 12.2 Å². The zero-order valence-corrected chi connectivity index (χ0v) is 20.0. The van der Waals surface area contributed by atoms with Crippen LogP contribution in [-0.4, -0.2) is 71.8 Å². The highest BCUT2D eigenvalue weighted by Crippen LogP contribution is 2.48. The van der Waals surface area contributed by atoms with Gasteiger partial charge in [0, 0.05) is 45.5 Å². The molecule has 0 aromatic carbocycles. The van der Waals surface area contributed by atoms with E-state index >= 15 is 0 Å². The first-order valence-corrected chi connectivity index (χ1v) is 11.0. The second-order valence-electron chi connectivity index (χ2n) is 8.47. The number of fused-ring (bicyclic) bond motifs is 2. The molecule has 0 aromatic rings. The van der Waals surface area contributed by atoms with E-state index in [0.29, 0.717) is 6.42 Å². The number of hydrogen-bond donors (Lipinski definition) is 0. The van der Waals surface area contributed by atoms with E-state index in [9.17, 15) is 34.1 Å². The van der Waals surface area contributed by atoms with E-state index in [0.717, 1.165) is 34.6 Å². The number of ether oxygens (including phenoxy) is 5. The highest BCUT2D eigenvalue weighted by Gasteiger charge is 2.60. The topological polar surface area (TPSA) is 175 Å². The lowest BCUT2D eigenvalue weighted by molar-refractivity contribution is -0.538. The van der Waals surface area contributed by atoms with Crippen molar-refractivity contribution in [2.75, 3.05) is 6.61 Å². The van der Waals surface area contributed by atoms with Crippen LogP contribution in [-0.2, 0) is 47.7 Å². The van der Waals surface area contributed by atoms with Crippen LogP contribution in [0.15, 0.2) is 12.2 Å². The summed E-state index contributed by atoms with van der Waals surface area (Å²) in [5.41, 5.74) is 0. The molecule has 13 heteroatoms. The van der Waals surface area contributed by atoms with Gasteiger partial charge in [0.1, 0.15) is 6.61 Å². The fourth-order valence-corrected chi connectivity index (χ4v) is 4.79. The Hall–Kier alpha value is -3.51. The predicted octanol–water partition coefficient (Wildman–Crippen LogP) is 0.744. The van der Waals surface area contributed by atoms with Crippen LogP contribution in [0.25, 0.3) is 0 Å². The number of hydrogen-bond acceptors (Lipinski definition) is 12. The molecule has 2 aliphatic carbocycles. The number of rotatable bonds is 11. The van der Waals surface area contributed by atoms with Crippen molar-refractivity contribution in [3.05, 3.63) is 22.3 Å². The molecule has 0 amide bonds. The van der Waals surface area contributed by atoms with E-state index in [4.69, 9.17) is 23.7 Å². The molecule has 0 N–H and O–H groups in total. The van der Waals surface area contributed by atoms with E-state index in [-0.39, 0.29) is 0 Å². The van der Waals surface area contributed by atoms with Crippen molar-refractivity contribution in [1.82, 2.24) is 0 Å². The maximum Gasteiger partial charge on any atom is 0.303 e. The molecule has 0 unspecified atom stereocenters. The molecule has 8 atom stereocenters. The Labute approximate surface area is 201 Å². The van der Waals surface area contributed by atoms with Crippen LogP contribution < -0.4 is 0 Å². The fraction of sp³-hybridized carbons (Fsp3) is 0.682. The lowest BCUT2D eigenvalue weighted by Crippen LogP contribution is -2.57. The third-order valence-corrected chi connectivity index (χ3v) is 5.79. The minimum absolute atomic E-state index is 0.392. The molecule has 2 rings (SSSR count). The first kappa shape index (κ1) is 27.7. The number of nitro groups is 1. The summed E-state index contributed by atoms with van der Waals surface area (Å²) in [5.74, 6) is -5.94. The maximum absolute atomic E-state index is 12.1. The van der Waals surface area contributed by atoms with Crippen molar-refractivity contribution in [2.45, 2.75) is 71.5 Å². The molecule has 0 saturated heterocycles. The molecule has 0 aliphatic heterocycles. The van der Waals surface area contributed by atoms with Crippen LogP contribution in [0.2, 0.25) is 0 Å². The maximum atomic E-state index is 12.1. The second kappa shape index (κ2) is 11.8. The molecule has 1 saturated carbocycles. The first-order valence-electron chi connectivity index (χ1n) is 11.0. The zero-order chi connectivity index (χ0) is 26.4.